The van der Waals surface area contributed by atoms with Crippen molar-refractivity contribution in [2.45, 2.75) is 38.8 Å². The Morgan fingerprint density at radius 2 is 2.28 bits per heavy atom. The molecule has 0 radical (unpaired) electrons. The number of nitrogens with zero attached hydrogens (tertiary/aromatic N) is 1. The molecule has 98 valence electrons. The van der Waals surface area contributed by atoms with Crippen LogP contribution in [0.1, 0.15) is 25.8 Å². The summed E-state index contributed by atoms with van der Waals surface area (Å²) < 4.78 is 5.55. The number of hydrogen-bond acceptors (Lipinski definition) is 4. The van der Waals surface area contributed by atoms with Crippen LogP contribution in [-0.4, -0.2) is 23.2 Å². The minimum absolute atomic E-state index is 0.0386. The maximum Gasteiger partial charge on any atom is 0.292 e. The molecule has 1 aliphatic rings. The summed E-state index contributed by atoms with van der Waals surface area (Å²) in [5.74, 6) is 0. The maximum atomic E-state index is 11.1. The summed E-state index contributed by atoms with van der Waals surface area (Å²) >= 11 is 0. The number of rotatable bonds is 3. The van der Waals surface area contributed by atoms with Crippen LogP contribution in [-0.2, 0) is 4.74 Å². The number of hydrogen-bond donors (Lipinski definition) is 1. The van der Waals surface area contributed by atoms with E-state index in [9.17, 15) is 10.1 Å². The van der Waals surface area contributed by atoms with Crippen LogP contribution in [0.2, 0.25) is 0 Å². The van der Waals surface area contributed by atoms with Gasteiger partial charge in [0.1, 0.15) is 5.69 Å². The number of para-hydroxylation sites is 1. The Bertz CT molecular complexity index is 475. The molecule has 1 N–H and O–H groups in total. The Kier molecular flexibility index (Phi) is 3.26. The van der Waals surface area contributed by atoms with Crippen molar-refractivity contribution >= 4 is 11.4 Å². The van der Waals surface area contributed by atoms with Crippen molar-refractivity contribution in [2.75, 3.05) is 11.9 Å². The molecular weight excluding hydrogens is 232 g/mol. The average Bonchev–Trinajstić information content (AvgIpc) is 2.62. The number of benzene rings is 1. The van der Waals surface area contributed by atoms with E-state index >= 15 is 0 Å². The van der Waals surface area contributed by atoms with Crippen molar-refractivity contribution in [1.82, 2.24) is 0 Å². The topological polar surface area (TPSA) is 64.4 Å². The number of nitrogens with one attached hydrogen (secondary N) is 1. The van der Waals surface area contributed by atoms with E-state index in [-0.39, 0.29) is 22.3 Å². The second-order valence-electron chi connectivity index (χ2n) is 5.03. The summed E-state index contributed by atoms with van der Waals surface area (Å²) in [4.78, 5) is 10.7. The molecule has 1 fully saturated rings. The van der Waals surface area contributed by atoms with Crippen molar-refractivity contribution < 1.29 is 9.66 Å². The fourth-order valence-corrected chi connectivity index (χ4v) is 2.25. The van der Waals surface area contributed by atoms with E-state index in [1.807, 2.05) is 26.8 Å². The van der Waals surface area contributed by atoms with Crippen LogP contribution in [0.3, 0.4) is 0 Å². The largest absolute Gasteiger partial charge is 0.376 e. The Hall–Kier alpha value is -1.62. The summed E-state index contributed by atoms with van der Waals surface area (Å²) in [6, 6.07) is 5.11. The normalized spacial score (nSPS) is 27.2. The SMILES string of the molecule is Cc1cccc([N+](=O)[O-])c1NC1(C)CCOC1C. The number of nitro groups is 1. The predicted octanol–water partition coefficient (Wildman–Crippen LogP) is 2.88. The minimum Gasteiger partial charge on any atom is -0.376 e. The molecule has 2 atom stereocenters. The highest BCUT2D eigenvalue weighted by atomic mass is 16.6. The standard InChI is InChI=1S/C13H18N2O3/c1-9-5-4-6-11(15(16)17)12(9)14-13(3)7-8-18-10(13)2/h4-6,10,14H,7-8H2,1-3H3. The Morgan fingerprint density at radius 3 is 2.83 bits per heavy atom. The average molecular weight is 250 g/mol. The number of nitro benzene ring substituents is 1. The molecule has 5 heteroatoms. The van der Waals surface area contributed by atoms with Crippen molar-refractivity contribution in [3.63, 3.8) is 0 Å². The predicted molar refractivity (Wildman–Crippen MR) is 69.9 cm³/mol. The molecule has 0 aromatic heterocycles. The fourth-order valence-electron chi connectivity index (χ4n) is 2.25. The smallest absolute Gasteiger partial charge is 0.292 e. The quantitative estimate of drug-likeness (QED) is 0.661. The Balaban J connectivity index is 2.37. The molecule has 0 bridgehead atoms. The monoisotopic (exact) mass is 250 g/mol. The molecule has 0 amide bonds. The van der Waals surface area contributed by atoms with Crippen LogP contribution in [0.5, 0.6) is 0 Å². The van der Waals surface area contributed by atoms with Gasteiger partial charge in [0, 0.05) is 12.7 Å². The lowest BCUT2D eigenvalue weighted by Crippen LogP contribution is -2.41. The summed E-state index contributed by atoms with van der Waals surface area (Å²) in [5.41, 5.74) is 1.35. The van der Waals surface area contributed by atoms with Crippen LogP contribution >= 0.6 is 0 Å². The van der Waals surface area contributed by atoms with Crippen LogP contribution in [0.4, 0.5) is 11.4 Å². The molecule has 1 aromatic rings. The van der Waals surface area contributed by atoms with E-state index in [0.29, 0.717) is 12.3 Å². The Morgan fingerprint density at radius 1 is 1.56 bits per heavy atom. The zero-order valence-electron chi connectivity index (χ0n) is 10.9. The molecule has 18 heavy (non-hydrogen) atoms. The van der Waals surface area contributed by atoms with Gasteiger partial charge in [-0.05, 0) is 32.8 Å². The molecular formula is C13H18N2O3. The fraction of sp³-hybridized carbons (Fsp3) is 0.538. The first kappa shape index (κ1) is 12.8. The number of anilines is 1. The maximum absolute atomic E-state index is 11.1. The van der Waals surface area contributed by atoms with E-state index in [2.05, 4.69) is 5.32 Å². The van der Waals surface area contributed by atoms with E-state index in [4.69, 9.17) is 4.74 Å². The van der Waals surface area contributed by atoms with Crippen molar-refractivity contribution in [1.29, 1.82) is 0 Å². The molecule has 1 saturated heterocycles. The highest BCUT2D eigenvalue weighted by Crippen LogP contribution is 2.35. The molecule has 2 rings (SSSR count). The van der Waals surface area contributed by atoms with Gasteiger partial charge in [-0.1, -0.05) is 12.1 Å². The van der Waals surface area contributed by atoms with Crippen LogP contribution in [0.25, 0.3) is 0 Å². The van der Waals surface area contributed by atoms with E-state index < -0.39 is 0 Å². The zero-order chi connectivity index (χ0) is 13.3. The summed E-state index contributed by atoms with van der Waals surface area (Å²) in [7, 11) is 0. The third-order valence-corrected chi connectivity index (χ3v) is 3.74. The van der Waals surface area contributed by atoms with Gasteiger partial charge in [0.05, 0.1) is 16.6 Å². The Labute approximate surface area is 106 Å². The van der Waals surface area contributed by atoms with Crippen molar-refractivity contribution in [3.05, 3.63) is 33.9 Å². The van der Waals surface area contributed by atoms with Gasteiger partial charge in [-0.2, -0.15) is 0 Å². The van der Waals surface area contributed by atoms with Crippen LogP contribution in [0.15, 0.2) is 18.2 Å². The first-order chi connectivity index (χ1) is 8.44. The van der Waals surface area contributed by atoms with Crippen LogP contribution < -0.4 is 5.32 Å². The molecule has 0 aliphatic carbocycles. The molecule has 1 aliphatic heterocycles. The summed E-state index contributed by atoms with van der Waals surface area (Å²) in [6.45, 7) is 6.59. The van der Waals surface area contributed by atoms with Gasteiger partial charge >= 0.3 is 0 Å². The summed E-state index contributed by atoms with van der Waals surface area (Å²) in [5, 5.41) is 14.4. The lowest BCUT2D eigenvalue weighted by molar-refractivity contribution is -0.384. The zero-order valence-corrected chi connectivity index (χ0v) is 10.9. The molecule has 1 aromatic carbocycles. The van der Waals surface area contributed by atoms with Gasteiger partial charge in [-0.3, -0.25) is 10.1 Å². The molecule has 5 nitrogen and oxygen atoms in total. The highest BCUT2D eigenvalue weighted by Gasteiger charge is 2.38. The lowest BCUT2D eigenvalue weighted by atomic mass is 9.93. The molecule has 1 heterocycles. The van der Waals surface area contributed by atoms with E-state index in [1.165, 1.54) is 6.07 Å². The van der Waals surface area contributed by atoms with Crippen molar-refractivity contribution in [3.8, 4) is 0 Å². The lowest BCUT2D eigenvalue weighted by Gasteiger charge is -2.30. The molecule has 0 saturated carbocycles. The third-order valence-electron chi connectivity index (χ3n) is 3.74. The van der Waals surface area contributed by atoms with Crippen LogP contribution in [0, 0.1) is 17.0 Å². The van der Waals surface area contributed by atoms with Gasteiger partial charge in [0.15, 0.2) is 0 Å². The van der Waals surface area contributed by atoms with Crippen molar-refractivity contribution in [2.24, 2.45) is 0 Å². The van der Waals surface area contributed by atoms with Gasteiger partial charge in [0.25, 0.3) is 5.69 Å². The minimum atomic E-state index is -0.348. The van der Waals surface area contributed by atoms with Gasteiger partial charge < -0.3 is 10.1 Å². The van der Waals surface area contributed by atoms with Gasteiger partial charge in [-0.15, -0.1) is 0 Å². The first-order valence-corrected chi connectivity index (χ1v) is 6.08. The summed E-state index contributed by atoms with van der Waals surface area (Å²) in [6.07, 6.45) is 0.886. The second kappa shape index (κ2) is 4.57. The molecule has 2 unspecified atom stereocenters. The van der Waals surface area contributed by atoms with E-state index in [0.717, 1.165) is 12.0 Å². The van der Waals surface area contributed by atoms with E-state index in [1.54, 1.807) is 6.07 Å². The molecule has 0 spiro atoms. The number of ether oxygens (including phenoxy) is 1. The van der Waals surface area contributed by atoms with Gasteiger partial charge in [-0.25, -0.2) is 0 Å². The first-order valence-electron chi connectivity index (χ1n) is 6.08. The highest BCUT2D eigenvalue weighted by molar-refractivity contribution is 5.67. The second-order valence-corrected chi connectivity index (χ2v) is 5.03. The number of aryl methyl sites for hydroxylation is 1. The van der Waals surface area contributed by atoms with Gasteiger partial charge in [0.2, 0.25) is 0 Å². The third kappa shape index (κ3) is 2.18.